The van der Waals surface area contributed by atoms with E-state index in [1.165, 1.54) is 12.1 Å². The second kappa shape index (κ2) is 7.49. The number of thiazole rings is 1. The van der Waals surface area contributed by atoms with Gasteiger partial charge in [-0.2, -0.15) is 0 Å². The lowest BCUT2D eigenvalue weighted by atomic mass is 9.86. The number of aryl methyl sites for hydroxylation is 1. The second-order valence-electron chi connectivity index (χ2n) is 6.43. The summed E-state index contributed by atoms with van der Waals surface area (Å²) in [6.07, 6.45) is 1.32. The van der Waals surface area contributed by atoms with Crippen LogP contribution in [0, 0.1) is 12.7 Å². The highest BCUT2D eigenvalue weighted by Crippen LogP contribution is 2.28. The van der Waals surface area contributed by atoms with E-state index in [0.717, 1.165) is 30.3 Å². The van der Waals surface area contributed by atoms with Crippen molar-refractivity contribution < 1.29 is 9.18 Å². The molecule has 1 aliphatic heterocycles. The minimum atomic E-state index is -0.711. The number of rotatable bonds is 5. The maximum atomic E-state index is 13.5. The quantitative estimate of drug-likeness (QED) is 0.859. The van der Waals surface area contributed by atoms with Gasteiger partial charge in [-0.1, -0.05) is 6.07 Å². The standard InChI is InChI=1S/C18H23FN4OS/c1-13-21-16(12-25-13)11-23-8-6-18(7-9-23,17(24)20-2)22-15-5-3-4-14(19)10-15/h3-5,10,12,22H,6-9,11H2,1-2H3,(H,20,24). The topological polar surface area (TPSA) is 57.3 Å². The predicted molar refractivity (Wildman–Crippen MR) is 98.2 cm³/mol. The van der Waals surface area contributed by atoms with E-state index in [4.69, 9.17) is 0 Å². The number of carbonyl (C=O) groups excluding carboxylic acids is 1. The zero-order chi connectivity index (χ0) is 17.9. The van der Waals surface area contributed by atoms with E-state index in [0.29, 0.717) is 18.5 Å². The molecule has 2 N–H and O–H groups in total. The Morgan fingerprint density at radius 2 is 2.16 bits per heavy atom. The Bertz CT molecular complexity index is 740. The van der Waals surface area contributed by atoms with Crippen LogP contribution in [0.5, 0.6) is 0 Å². The molecule has 0 radical (unpaired) electrons. The lowest BCUT2D eigenvalue weighted by Gasteiger charge is -2.41. The Morgan fingerprint density at radius 3 is 2.76 bits per heavy atom. The van der Waals surface area contributed by atoms with Gasteiger partial charge in [0, 0.05) is 37.7 Å². The number of halogens is 1. The fourth-order valence-corrected chi connectivity index (χ4v) is 3.90. The Balaban J connectivity index is 1.69. The summed E-state index contributed by atoms with van der Waals surface area (Å²) in [5.74, 6) is -0.366. The van der Waals surface area contributed by atoms with Crippen LogP contribution in [0.4, 0.5) is 10.1 Å². The number of nitrogens with zero attached hydrogens (tertiary/aromatic N) is 2. The number of carbonyl (C=O) groups is 1. The number of hydrogen-bond donors (Lipinski definition) is 2. The fourth-order valence-electron chi connectivity index (χ4n) is 3.29. The van der Waals surface area contributed by atoms with Gasteiger partial charge in [0.1, 0.15) is 11.4 Å². The first kappa shape index (κ1) is 17.8. The van der Waals surface area contributed by atoms with Crippen molar-refractivity contribution in [2.75, 3.05) is 25.5 Å². The van der Waals surface area contributed by atoms with Crippen molar-refractivity contribution in [3.05, 3.63) is 46.2 Å². The molecule has 2 heterocycles. The van der Waals surface area contributed by atoms with E-state index < -0.39 is 5.54 Å². The van der Waals surface area contributed by atoms with Crippen molar-refractivity contribution in [2.45, 2.75) is 31.8 Å². The molecule has 1 fully saturated rings. The van der Waals surface area contributed by atoms with Crippen molar-refractivity contribution in [1.82, 2.24) is 15.2 Å². The average Bonchev–Trinajstić information content (AvgIpc) is 3.01. The molecule has 1 amide bonds. The lowest BCUT2D eigenvalue weighted by molar-refractivity contribution is -0.126. The van der Waals surface area contributed by atoms with Gasteiger partial charge in [-0.25, -0.2) is 9.37 Å². The van der Waals surface area contributed by atoms with Crippen LogP contribution in [0.3, 0.4) is 0 Å². The molecule has 2 aromatic rings. The summed E-state index contributed by atoms with van der Waals surface area (Å²) in [7, 11) is 1.64. The van der Waals surface area contributed by atoms with E-state index in [2.05, 4.69) is 25.9 Å². The molecule has 1 aliphatic rings. The Morgan fingerprint density at radius 1 is 1.40 bits per heavy atom. The Labute approximate surface area is 151 Å². The van der Waals surface area contributed by atoms with Crippen molar-refractivity contribution in [2.24, 2.45) is 0 Å². The molecule has 134 valence electrons. The summed E-state index contributed by atoms with van der Waals surface area (Å²) in [6, 6.07) is 6.26. The molecule has 7 heteroatoms. The van der Waals surface area contributed by atoms with Crippen LogP contribution in [-0.2, 0) is 11.3 Å². The number of piperidine rings is 1. The van der Waals surface area contributed by atoms with Crippen LogP contribution >= 0.6 is 11.3 Å². The van der Waals surface area contributed by atoms with Gasteiger partial charge in [0.2, 0.25) is 5.91 Å². The molecule has 25 heavy (non-hydrogen) atoms. The number of likely N-dealkylation sites (tertiary alicyclic amines) is 1. The van der Waals surface area contributed by atoms with E-state index in [1.807, 2.05) is 6.92 Å². The summed E-state index contributed by atoms with van der Waals surface area (Å²) in [6.45, 7) is 4.37. The summed E-state index contributed by atoms with van der Waals surface area (Å²) < 4.78 is 13.5. The lowest BCUT2D eigenvalue weighted by Crippen LogP contribution is -2.57. The average molecular weight is 362 g/mol. The third-order valence-corrected chi connectivity index (χ3v) is 5.45. The van der Waals surface area contributed by atoms with Crippen molar-refractivity contribution >= 4 is 22.9 Å². The SMILES string of the molecule is CNC(=O)C1(Nc2cccc(F)c2)CCN(Cc2csc(C)n2)CC1. The highest BCUT2D eigenvalue weighted by atomic mass is 32.1. The van der Waals surface area contributed by atoms with Crippen LogP contribution < -0.4 is 10.6 Å². The highest BCUT2D eigenvalue weighted by molar-refractivity contribution is 7.09. The molecule has 5 nitrogen and oxygen atoms in total. The van der Waals surface area contributed by atoms with Crippen molar-refractivity contribution in [3.63, 3.8) is 0 Å². The number of benzene rings is 1. The number of aromatic nitrogens is 1. The van der Waals surface area contributed by atoms with Gasteiger partial charge in [-0.05, 0) is 38.0 Å². The van der Waals surface area contributed by atoms with E-state index in [9.17, 15) is 9.18 Å². The summed E-state index contributed by atoms with van der Waals surface area (Å²) in [4.78, 5) is 19.4. The number of hydrogen-bond acceptors (Lipinski definition) is 5. The van der Waals surface area contributed by atoms with Gasteiger partial charge in [0.05, 0.1) is 10.7 Å². The Kier molecular flexibility index (Phi) is 5.34. The monoisotopic (exact) mass is 362 g/mol. The van der Waals surface area contributed by atoms with Crippen LogP contribution in [0.15, 0.2) is 29.6 Å². The summed E-state index contributed by atoms with van der Waals surface area (Å²) in [5, 5.41) is 9.19. The molecule has 0 saturated carbocycles. The first-order valence-corrected chi connectivity index (χ1v) is 9.28. The number of nitrogens with one attached hydrogen (secondary N) is 2. The molecule has 0 atom stereocenters. The zero-order valence-corrected chi connectivity index (χ0v) is 15.3. The maximum absolute atomic E-state index is 13.5. The van der Waals surface area contributed by atoms with Gasteiger partial charge in [-0.3, -0.25) is 9.69 Å². The Hall–Kier alpha value is -1.99. The molecule has 0 unspecified atom stereocenters. The van der Waals surface area contributed by atoms with Crippen molar-refractivity contribution in [3.8, 4) is 0 Å². The normalized spacial score (nSPS) is 17.2. The van der Waals surface area contributed by atoms with Crippen molar-refractivity contribution in [1.29, 1.82) is 0 Å². The van der Waals surface area contributed by atoms with E-state index in [-0.39, 0.29) is 11.7 Å². The van der Waals surface area contributed by atoms with Gasteiger partial charge < -0.3 is 10.6 Å². The molecular formula is C18H23FN4OS. The largest absolute Gasteiger partial charge is 0.371 e. The van der Waals surface area contributed by atoms with Gasteiger partial charge in [0.25, 0.3) is 0 Å². The molecule has 3 rings (SSSR count). The highest BCUT2D eigenvalue weighted by Gasteiger charge is 2.41. The van der Waals surface area contributed by atoms with E-state index >= 15 is 0 Å². The van der Waals surface area contributed by atoms with Crippen LogP contribution in [0.2, 0.25) is 0 Å². The van der Waals surface area contributed by atoms with Gasteiger partial charge in [-0.15, -0.1) is 11.3 Å². The van der Waals surface area contributed by atoms with Gasteiger partial charge >= 0.3 is 0 Å². The minimum absolute atomic E-state index is 0.0547. The number of likely N-dealkylation sites (N-methyl/N-ethyl adjacent to an activating group) is 1. The maximum Gasteiger partial charge on any atom is 0.245 e. The molecule has 1 aromatic carbocycles. The predicted octanol–water partition coefficient (Wildman–Crippen LogP) is 2.78. The zero-order valence-electron chi connectivity index (χ0n) is 14.5. The first-order valence-electron chi connectivity index (χ1n) is 8.40. The third-order valence-electron chi connectivity index (χ3n) is 4.63. The minimum Gasteiger partial charge on any atom is -0.371 e. The molecular weight excluding hydrogens is 339 g/mol. The number of amides is 1. The van der Waals surface area contributed by atoms with Crippen LogP contribution in [0.1, 0.15) is 23.5 Å². The van der Waals surface area contributed by atoms with Crippen LogP contribution in [-0.4, -0.2) is 41.5 Å². The smallest absolute Gasteiger partial charge is 0.245 e. The molecule has 1 saturated heterocycles. The number of anilines is 1. The molecule has 0 bridgehead atoms. The fraction of sp³-hybridized carbons (Fsp3) is 0.444. The molecule has 1 aromatic heterocycles. The van der Waals surface area contributed by atoms with Gasteiger partial charge in [0.15, 0.2) is 0 Å². The summed E-state index contributed by atoms with van der Waals surface area (Å²) >= 11 is 1.65. The molecule has 0 aliphatic carbocycles. The van der Waals surface area contributed by atoms with E-state index in [1.54, 1.807) is 30.5 Å². The first-order chi connectivity index (χ1) is 12.0. The second-order valence-corrected chi connectivity index (χ2v) is 7.49. The summed E-state index contributed by atoms with van der Waals surface area (Å²) in [5.41, 5.74) is 0.997. The van der Waals surface area contributed by atoms with Crippen LogP contribution in [0.25, 0.3) is 0 Å². The molecule has 0 spiro atoms. The third kappa shape index (κ3) is 4.16.